The van der Waals surface area contributed by atoms with Gasteiger partial charge in [0.25, 0.3) is 0 Å². The third kappa shape index (κ3) is 3.26. The molecule has 1 aliphatic rings. The number of rotatable bonds is 2. The summed E-state index contributed by atoms with van der Waals surface area (Å²) < 4.78 is 0. The van der Waals surface area contributed by atoms with Crippen molar-refractivity contribution in [3.63, 3.8) is 0 Å². The molecule has 22 heavy (non-hydrogen) atoms. The van der Waals surface area contributed by atoms with E-state index < -0.39 is 0 Å². The molecule has 0 radical (unpaired) electrons. The van der Waals surface area contributed by atoms with E-state index in [0.29, 0.717) is 11.1 Å². The van der Waals surface area contributed by atoms with Crippen LogP contribution in [0.1, 0.15) is 5.56 Å². The minimum absolute atomic E-state index is 0.528. The first-order chi connectivity index (χ1) is 10.6. The van der Waals surface area contributed by atoms with E-state index in [2.05, 4.69) is 45.0 Å². The monoisotopic (exact) mass is 316 g/mol. The zero-order valence-corrected chi connectivity index (χ0v) is 13.7. The Morgan fingerprint density at radius 3 is 2.64 bits per heavy atom. The van der Waals surface area contributed by atoms with Crippen molar-refractivity contribution < 1.29 is 0 Å². The number of likely N-dealkylation sites (N-methyl/N-ethyl adjacent to an activating group) is 1. The smallest absolute Gasteiger partial charge is 0.235 e. The zero-order chi connectivity index (χ0) is 15.5. The topological polar surface area (TPSA) is 70.6 Å². The summed E-state index contributed by atoms with van der Waals surface area (Å²) in [5.41, 5.74) is 8.38. The highest BCUT2D eigenvalue weighted by molar-refractivity contribution is 7.18. The van der Waals surface area contributed by atoms with Gasteiger partial charge in [0.1, 0.15) is 5.01 Å². The summed E-state index contributed by atoms with van der Waals surface area (Å²) in [4.78, 5) is 8.81. The molecule has 1 aromatic heterocycles. The Bertz CT molecular complexity index is 672. The molecule has 1 aliphatic heterocycles. The molecule has 7 heteroatoms. The maximum atomic E-state index is 6.10. The lowest BCUT2D eigenvalue weighted by Crippen LogP contribution is -2.49. The zero-order valence-electron chi connectivity index (χ0n) is 12.9. The van der Waals surface area contributed by atoms with E-state index in [1.54, 1.807) is 0 Å². The number of aromatic nitrogens is 2. The van der Waals surface area contributed by atoms with Gasteiger partial charge in [0.15, 0.2) is 5.96 Å². The molecule has 6 nitrogen and oxygen atoms in total. The second kappa shape index (κ2) is 6.41. The SMILES string of the molecule is Cc1ccccc1-c1nnc(N=C(N)N2CCN(C)CC2)s1. The Balaban J connectivity index is 1.76. The predicted octanol–water partition coefficient (Wildman–Crippen LogP) is 1.71. The molecule has 1 aromatic carbocycles. The van der Waals surface area contributed by atoms with Crippen LogP contribution in [0.25, 0.3) is 10.6 Å². The molecule has 1 fully saturated rings. The second-order valence-corrected chi connectivity index (χ2v) is 6.42. The van der Waals surface area contributed by atoms with Crippen LogP contribution in [0.15, 0.2) is 29.3 Å². The summed E-state index contributed by atoms with van der Waals surface area (Å²) in [6.07, 6.45) is 0. The molecule has 1 saturated heterocycles. The Kier molecular flexibility index (Phi) is 4.35. The van der Waals surface area contributed by atoms with Gasteiger partial charge in [0.05, 0.1) is 0 Å². The molecule has 116 valence electrons. The minimum Gasteiger partial charge on any atom is -0.369 e. The first kappa shape index (κ1) is 14.9. The van der Waals surface area contributed by atoms with Crippen LogP contribution in [0.2, 0.25) is 0 Å². The van der Waals surface area contributed by atoms with Gasteiger partial charge >= 0.3 is 0 Å². The molecule has 2 N–H and O–H groups in total. The van der Waals surface area contributed by atoms with Crippen LogP contribution in [-0.4, -0.2) is 59.2 Å². The van der Waals surface area contributed by atoms with Crippen molar-refractivity contribution in [3.8, 4) is 10.6 Å². The third-order valence-corrected chi connectivity index (χ3v) is 4.68. The summed E-state index contributed by atoms with van der Waals surface area (Å²) >= 11 is 1.47. The van der Waals surface area contributed by atoms with Gasteiger partial charge in [-0.2, -0.15) is 4.99 Å². The van der Waals surface area contributed by atoms with Crippen LogP contribution in [0.5, 0.6) is 0 Å². The van der Waals surface area contributed by atoms with Crippen molar-refractivity contribution >= 4 is 22.4 Å². The number of aryl methyl sites for hydroxylation is 1. The number of piperazine rings is 1. The van der Waals surface area contributed by atoms with Gasteiger partial charge < -0.3 is 15.5 Å². The molecular weight excluding hydrogens is 296 g/mol. The van der Waals surface area contributed by atoms with Gasteiger partial charge in [-0.3, -0.25) is 0 Å². The molecule has 0 spiro atoms. The number of aliphatic imine (C=N–C) groups is 1. The molecule has 0 bridgehead atoms. The molecule has 0 atom stereocenters. The van der Waals surface area contributed by atoms with Crippen LogP contribution in [0, 0.1) is 6.92 Å². The van der Waals surface area contributed by atoms with E-state index in [1.165, 1.54) is 16.9 Å². The summed E-state index contributed by atoms with van der Waals surface area (Å²) in [6, 6.07) is 8.14. The highest BCUT2D eigenvalue weighted by atomic mass is 32.1. The third-order valence-electron chi connectivity index (χ3n) is 3.83. The molecule has 2 aromatic rings. The quantitative estimate of drug-likeness (QED) is 0.674. The van der Waals surface area contributed by atoms with E-state index in [0.717, 1.165) is 36.8 Å². The predicted molar refractivity (Wildman–Crippen MR) is 90.4 cm³/mol. The van der Waals surface area contributed by atoms with Crippen molar-refractivity contribution in [2.24, 2.45) is 10.7 Å². The van der Waals surface area contributed by atoms with Gasteiger partial charge in [-0.25, -0.2) is 0 Å². The second-order valence-electron chi connectivity index (χ2n) is 5.47. The summed E-state index contributed by atoms with van der Waals surface area (Å²) in [5, 5.41) is 9.87. The molecule has 3 rings (SSSR count). The average Bonchev–Trinajstić information content (AvgIpc) is 2.96. The van der Waals surface area contributed by atoms with Crippen molar-refractivity contribution in [1.29, 1.82) is 0 Å². The van der Waals surface area contributed by atoms with Gasteiger partial charge in [0, 0.05) is 31.7 Å². The van der Waals surface area contributed by atoms with Crippen LogP contribution in [-0.2, 0) is 0 Å². The van der Waals surface area contributed by atoms with Crippen LogP contribution in [0.4, 0.5) is 5.13 Å². The van der Waals surface area contributed by atoms with E-state index in [-0.39, 0.29) is 0 Å². The van der Waals surface area contributed by atoms with Gasteiger partial charge in [-0.05, 0) is 19.5 Å². The summed E-state index contributed by atoms with van der Waals surface area (Å²) in [6.45, 7) is 5.87. The number of benzene rings is 1. The van der Waals surface area contributed by atoms with E-state index >= 15 is 0 Å². The van der Waals surface area contributed by atoms with Crippen molar-refractivity contribution in [1.82, 2.24) is 20.0 Å². The van der Waals surface area contributed by atoms with Crippen LogP contribution >= 0.6 is 11.3 Å². The number of guanidine groups is 1. The Morgan fingerprint density at radius 1 is 1.18 bits per heavy atom. The standard InChI is InChI=1S/C15H20N6S/c1-11-5-3-4-6-12(11)13-18-19-15(22-13)17-14(16)21-9-7-20(2)8-10-21/h3-6H,7-10H2,1-2H3,(H2,16,17,19). The van der Waals surface area contributed by atoms with Crippen molar-refractivity contribution in [2.45, 2.75) is 6.92 Å². The fourth-order valence-corrected chi connectivity index (χ4v) is 3.20. The number of nitrogens with zero attached hydrogens (tertiary/aromatic N) is 5. The minimum atomic E-state index is 0.528. The highest BCUT2D eigenvalue weighted by Gasteiger charge is 2.16. The van der Waals surface area contributed by atoms with Crippen LogP contribution < -0.4 is 5.73 Å². The molecule has 0 amide bonds. The average molecular weight is 316 g/mol. The normalized spacial score (nSPS) is 17.0. The maximum absolute atomic E-state index is 6.10. The molecule has 0 saturated carbocycles. The fraction of sp³-hybridized carbons (Fsp3) is 0.400. The fourth-order valence-electron chi connectivity index (χ4n) is 2.39. The molecular formula is C15H20N6S. The first-order valence-electron chi connectivity index (χ1n) is 7.30. The van der Waals surface area contributed by atoms with Gasteiger partial charge in [-0.1, -0.05) is 35.6 Å². The van der Waals surface area contributed by atoms with Gasteiger partial charge in [-0.15, -0.1) is 10.2 Å². The summed E-state index contributed by atoms with van der Waals surface area (Å²) in [7, 11) is 2.11. The number of hydrogen-bond acceptors (Lipinski definition) is 5. The van der Waals surface area contributed by atoms with Crippen molar-refractivity contribution in [2.75, 3.05) is 33.2 Å². The van der Waals surface area contributed by atoms with Crippen molar-refractivity contribution in [3.05, 3.63) is 29.8 Å². The summed E-state index contributed by atoms with van der Waals surface area (Å²) in [5.74, 6) is 0.528. The van der Waals surface area contributed by atoms with E-state index in [9.17, 15) is 0 Å². The molecule has 2 heterocycles. The number of nitrogens with two attached hydrogens (primary N) is 1. The Hall–Kier alpha value is -1.99. The maximum Gasteiger partial charge on any atom is 0.235 e. The molecule has 0 aliphatic carbocycles. The lowest BCUT2D eigenvalue weighted by Gasteiger charge is -2.32. The lowest BCUT2D eigenvalue weighted by atomic mass is 10.1. The Labute approximate surface area is 134 Å². The molecule has 0 unspecified atom stereocenters. The first-order valence-corrected chi connectivity index (χ1v) is 8.12. The Morgan fingerprint density at radius 2 is 1.91 bits per heavy atom. The van der Waals surface area contributed by atoms with E-state index in [1.807, 2.05) is 18.2 Å². The number of hydrogen-bond donors (Lipinski definition) is 1. The largest absolute Gasteiger partial charge is 0.369 e. The van der Waals surface area contributed by atoms with Crippen LogP contribution in [0.3, 0.4) is 0 Å². The van der Waals surface area contributed by atoms with E-state index in [4.69, 9.17) is 5.73 Å². The lowest BCUT2D eigenvalue weighted by molar-refractivity contribution is 0.214. The highest BCUT2D eigenvalue weighted by Crippen LogP contribution is 2.30. The van der Waals surface area contributed by atoms with Gasteiger partial charge in [0.2, 0.25) is 5.13 Å².